The van der Waals surface area contributed by atoms with Gasteiger partial charge in [0.25, 0.3) is 0 Å². The van der Waals surface area contributed by atoms with Gasteiger partial charge in [0.1, 0.15) is 0 Å². The van der Waals surface area contributed by atoms with Crippen LogP contribution in [0, 0.1) is 0 Å². The zero-order chi connectivity index (χ0) is 14.9. The monoisotopic (exact) mass is 310 g/mol. The third kappa shape index (κ3) is 2.80. The molecule has 1 atom stereocenters. The number of aromatic amines is 1. The third-order valence-corrected chi connectivity index (χ3v) is 5.48. The van der Waals surface area contributed by atoms with Crippen LogP contribution in [-0.4, -0.2) is 55.0 Å². The van der Waals surface area contributed by atoms with Gasteiger partial charge in [-0.3, -0.25) is 0 Å². The molecule has 3 rings (SSSR count). The van der Waals surface area contributed by atoms with Gasteiger partial charge in [-0.2, -0.15) is 4.31 Å². The Bertz CT molecular complexity index is 726. The quantitative estimate of drug-likeness (QED) is 0.846. The fraction of sp³-hybridized carbons (Fsp3) is 0.462. The minimum Gasteiger partial charge on any atom is -0.375 e. The molecule has 2 heterocycles. The number of nitrogens with one attached hydrogen (secondary N) is 1. The van der Waals surface area contributed by atoms with Gasteiger partial charge in [-0.25, -0.2) is 13.4 Å². The smallest absolute Gasteiger partial charge is 0.243 e. The largest absolute Gasteiger partial charge is 0.375 e. The number of hydrogen-bond acceptors (Lipinski definition) is 5. The summed E-state index contributed by atoms with van der Waals surface area (Å²) in [5.74, 6) is 0. The summed E-state index contributed by atoms with van der Waals surface area (Å²) in [6.45, 7) is 1.60. The topological polar surface area (TPSA) is 101 Å². The zero-order valence-electron chi connectivity index (χ0n) is 11.5. The van der Waals surface area contributed by atoms with Crippen molar-refractivity contribution in [2.24, 2.45) is 5.73 Å². The van der Waals surface area contributed by atoms with E-state index in [-0.39, 0.29) is 11.0 Å². The molecule has 114 valence electrons. The first-order valence-corrected chi connectivity index (χ1v) is 8.30. The summed E-state index contributed by atoms with van der Waals surface area (Å²) in [5, 5.41) is 0. The Morgan fingerprint density at radius 1 is 1.48 bits per heavy atom. The van der Waals surface area contributed by atoms with E-state index in [0.717, 1.165) is 5.52 Å². The number of benzene rings is 1. The van der Waals surface area contributed by atoms with Crippen molar-refractivity contribution < 1.29 is 13.2 Å². The van der Waals surface area contributed by atoms with Crippen molar-refractivity contribution in [3.05, 3.63) is 24.5 Å². The minimum atomic E-state index is -3.52. The van der Waals surface area contributed by atoms with Gasteiger partial charge in [0, 0.05) is 13.1 Å². The van der Waals surface area contributed by atoms with E-state index in [1.54, 1.807) is 24.5 Å². The average Bonchev–Trinajstić information content (AvgIpc) is 2.95. The molecule has 1 aromatic carbocycles. The second-order valence-electron chi connectivity index (χ2n) is 5.01. The highest BCUT2D eigenvalue weighted by Crippen LogP contribution is 2.22. The summed E-state index contributed by atoms with van der Waals surface area (Å²) in [5.41, 5.74) is 6.97. The molecule has 3 N–H and O–H groups in total. The van der Waals surface area contributed by atoms with Gasteiger partial charge in [-0.15, -0.1) is 0 Å². The lowest BCUT2D eigenvalue weighted by Crippen LogP contribution is -2.46. The molecule has 21 heavy (non-hydrogen) atoms. The van der Waals surface area contributed by atoms with E-state index in [1.165, 1.54) is 4.31 Å². The second-order valence-corrected chi connectivity index (χ2v) is 6.95. The maximum absolute atomic E-state index is 12.7. The standard InChI is InChI=1S/C13H18N4O3S/c14-4-3-10-8-17(5-6-20-10)21(18,19)11-1-2-12-13(7-11)16-9-15-12/h1-2,7,9-10H,3-6,8,14H2,(H,15,16)/t10-/m1/s1. The van der Waals surface area contributed by atoms with Gasteiger partial charge in [0.05, 0.1) is 35.0 Å². The Morgan fingerprint density at radius 2 is 2.33 bits per heavy atom. The van der Waals surface area contributed by atoms with E-state index < -0.39 is 10.0 Å². The van der Waals surface area contributed by atoms with Crippen molar-refractivity contribution in [3.63, 3.8) is 0 Å². The lowest BCUT2D eigenvalue weighted by molar-refractivity contribution is -0.00405. The van der Waals surface area contributed by atoms with Gasteiger partial charge < -0.3 is 15.5 Å². The predicted molar refractivity (Wildman–Crippen MR) is 78.3 cm³/mol. The molecule has 0 aliphatic carbocycles. The summed E-state index contributed by atoms with van der Waals surface area (Å²) in [6.07, 6.45) is 2.08. The number of rotatable bonds is 4. The van der Waals surface area contributed by atoms with Crippen LogP contribution in [0.1, 0.15) is 6.42 Å². The molecule has 0 spiro atoms. The van der Waals surface area contributed by atoms with Crippen LogP contribution in [-0.2, 0) is 14.8 Å². The maximum Gasteiger partial charge on any atom is 0.243 e. The Balaban J connectivity index is 1.88. The van der Waals surface area contributed by atoms with Crippen LogP contribution in [0.25, 0.3) is 11.0 Å². The molecular weight excluding hydrogens is 292 g/mol. The van der Waals surface area contributed by atoms with E-state index in [0.29, 0.717) is 38.2 Å². The molecule has 1 aromatic heterocycles. The van der Waals surface area contributed by atoms with Gasteiger partial charge in [0.2, 0.25) is 10.0 Å². The molecule has 7 nitrogen and oxygen atoms in total. The van der Waals surface area contributed by atoms with Crippen molar-refractivity contribution in [3.8, 4) is 0 Å². The van der Waals surface area contributed by atoms with Gasteiger partial charge in [-0.05, 0) is 31.2 Å². The highest BCUT2D eigenvalue weighted by atomic mass is 32.2. The number of nitrogens with two attached hydrogens (primary N) is 1. The normalized spacial score (nSPS) is 20.9. The Morgan fingerprint density at radius 3 is 3.14 bits per heavy atom. The molecule has 1 fully saturated rings. The van der Waals surface area contributed by atoms with Crippen LogP contribution in [0.2, 0.25) is 0 Å². The number of aromatic nitrogens is 2. The average molecular weight is 310 g/mol. The molecule has 0 bridgehead atoms. The van der Waals surface area contributed by atoms with Crippen LogP contribution in [0.5, 0.6) is 0 Å². The van der Waals surface area contributed by atoms with E-state index in [9.17, 15) is 8.42 Å². The van der Waals surface area contributed by atoms with Crippen LogP contribution in [0.4, 0.5) is 0 Å². The van der Waals surface area contributed by atoms with Crippen LogP contribution < -0.4 is 5.73 Å². The van der Waals surface area contributed by atoms with Crippen molar-refractivity contribution in [1.82, 2.24) is 14.3 Å². The number of hydrogen-bond donors (Lipinski definition) is 2. The van der Waals surface area contributed by atoms with Crippen LogP contribution in [0.3, 0.4) is 0 Å². The van der Waals surface area contributed by atoms with Gasteiger partial charge >= 0.3 is 0 Å². The van der Waals surface area contributed by atoms with E-state index in [1.807, 2.05) is 0 Å². The van der Waals surface area contributed by atoms with Gasteiger partial charge in [0.15, 0.2) is 0 Å². The molecule has 0 amide bonds. The molecule has 1 aliphatic rings. The maximum atomic E-state index is 12.7. The summed E-state index contributed by atoms with van der Waals surface area (Å²) in [4.78, 5) is 7.29. The molecule has 2 aromatic rings. The molecule has 0 radical (unpaired) electrons. The Labute approximate surface area is 123 Å². The molecule has 0 saturated carbocycles. The summed E-state index contributed by atoms with van der Waals surface area (Å²) < 4.78 is 32.4. The molecular formula is C13H18N4O3S. The number of fused-ring (bicyclic) bond motifs is 1. The van der Waals surface area contributed by atoms with E-state index in [4.69, 9.17) is 10.5 Å². The first kappa shape index (κ1) is 14.5. The lowest BCUT2D eigenvalue weighted by atomic mass is 10.2. The van der Waals surface area contributed by atoms with E-state index in [2.05, 4.69) is 9.97 Å². The van der Waals surface area contributed by atoms with Crippen molar-refractivity contribution in [2.45, 2.75) is 17.4 Å². The highest BCUT2D eigenvalue weighted by molar-refractivity contribution is 7.89. The number of nitrogens with zero attached hydrogens (tertiary/aromatic N) is 2. The number of H-pyrrole nitrogens is 1. The number of morpholine rings is 1. The first-order valence-electron chi connectivity index (χ1n) is 6.86. The predicted octanol–water partition coefficient (Wildman–Crippen LogP) is 0.301. The van der Waals surface area contributed by atoms with Crippen molar-refractivity contribution in [1.29, 1.82) is 0 Å². The third-order valence-electron chi connectivity index (χ3n) is 3.62. The number of imidazole rings is 1. The molecule has 1 saturated heterocycles. The number of sulfonamides is 1. The lowest BCUT2D eigenvalue weighted by Gasteiger charge is -2.32. The summed E-state index contributed by atoms with van der Waals surface area (Å²) >= 11 is 0. The first-order chi connectivity index (χ1) is 10.1. The van der Waals surface area contributed by atoms with Crippen molar-refractivity contribution >= 4 is 21.1 Å². The van der Waals surface area contributed by atoms with Crippen LogP contribution >= 0.6 is 0 Å². The summed E-state index contributed by atoms with van der Waals surface area (Å²) in [6, 6.07) is 4.91. The summed E-state index contributed by atoms with van der Waals surface area (Å²) in [7, 11) is -3.52. The zero-order valence-corrected chi connectivity index (χ0v) is 12.3. The highest BCUT2D eigenvalue weighted by Gasteiger charge is 2.30. The van der Waals surface area contributed by atoms with Crippen LogP contribution in [0.15, 0.2) is 29.4 Å². The molecule has 8 heteroatoms. The Hall–Kier alpha value is -1.48. The minimum absolute atomic E-state index is 0.130. The number of ether oxygens (including phenoxy) is 1. The molecule has 1 aliphatic heterocycles. The second kappa shape index (κ2) is 5.72. The SMILES string of the molecule is NCC[C@@H]1CN(S(=O)(=O)c2ccc3nc[nH]c3c2)CCO1. The van der Waals surface area contributed by atoms with Crippen molar-refractivity contribution in [2.75, 3.05) is 26.2 Å². The fourth-order valence-electron chi connectivity index (χ4n) is 2.50. The van der Waals surface area contributed by atoms with E-state index >= 15 is 0 Å². The Kier molecular flexibility index (Phi) is 3.94. The van der Waals surface area contributed by atoms with Gasteiger partial charge in [-0.1, -0.05) is 0 Å². The fourth-order valence-corrected chi connectivity index (χ4v) is 3.98. The molecule has 0 unspecified atom stereocenters.